The van der Waals surface area contributed by atoms with Gasteiger partial charge in [-0.3, -0.25) is 0 Å². The molecule has 6 rings (SSSR count). The van der Waals surface area contributed by atoms with Crippen molar-refractivity contribution in [2.75, 3.05) is 32.8 Å². The largest absolute Gasteiger partial charge is 0.493 e. The first kappa shape index (κ1) is 22.8. The maximum Gasteiger partial charge on any atom is 0.322 e. The van der Waals surface area contributed by atoms with Crippen molar-refractivity contribution in [3.8, 4) is 28.7 Å². The van der Waals surface area contributed by atoms with Gasteiger partial charge in [0, 0.05) is 23.6 Å². The number of ether oxygens (including phenoxy) is 4. The minimum Gasteiger partial charge on any atom is -0.493 e. The van der Waals surface area contributed by atoms with E-state index in [1.54, 1.807) is 20.3 Å². The van der Waals surface area contributed by atoms with Gasteiger partial charge in [0.05, 0.1) is 32.5 Å². The van der Waals surface area contributed by atoms with Crippen LogP contribution in [-0.2, 0) is 6.54 Å². The average molecular weight is 498 g/mol. The minimum atomic E-state index is -0.389. The number of nitrogens with one attached hydrogen (secondary N) is 1. The molecule has 8 nitrogen and oxygen atoms in total. The molecule has 1 unspecified atom stereocenters. The minimum absolute atomic E-state index is 0.235. The summed E-state index contributed by atoms with van der Waals surface area (Å²) in [5.74, 6) is 2.53. The summed E-state index contributed by atoms with van der Waals surface area (Å²) in [5.41, 5.74) is 4.59. The molecule has 4 aromatic rings. The van der Waals surface area contributed by atoms with Crippen LogP contribution < -0.4 is 24.3 Å². The summed E-state index contributed by atoms with van der Waals surface area (Å²) in [6.45, 7) is 1.40. The summed E-state index contributed by atoms with van der Waals surface area (Å²) >= 11 is 0. The molecule has 2 amide bonds. The second kappa shape index (κ2) is 9.46. The zero-order chi connectivity index (χ0) is 25.4. The topological polar surface area (TPSA) is 74.2 Å². The highest BCUT2D eigenvalue weighted by Gasteiger charge is 2.33. The van der Waals surface area contributed by atoms with Gasteiger partial charge in [0.2, 0.25) is 0 Å². The number of rotatable bonds is 4. The Bertz CT molecular complexity index is 1460. The summed E-state index contributed by atoms with van der Waals surface area (Å²) in [6, 6.07) is 22.8. The predicted octanol–water partition coefficient (Wildman–Crippen LogP) is 5.40. The SMILES string of the molecule is COc1ccc(C2c3cccn3-c3ccccc3CN2C(=O)Nc2ccc3c(c2)OCCO3)cc1OC. The molecule has 188 valence electrons. The monoisotopic (exact) mass is 497 g/mol. The molecule has 1 N–H and O–H groups in total. The highest BCUT2D eigenvalue weighted by Crippen LogP contribution is 2.40. The van der Waals surface area contributed by atoms with Crippen LogP contribution in [0, 0.1) is 0 Å². The second-order valence-corrected chi connectivity index (χ2v) is 8.87. The van der Waals surface area contributed by atoms with E-state index in [1.165, 1.54) is 0 Å². The molecular formula is C29H27N3O5. The Kier molecular flexibility index (Phi) is 5.84. The van der Waals surface area contributed by atoms with Crippen LogP contribution in [0.2, 0.25) is 0 Å². The van der Waals surface area contributed by atoms with Crippen molar-refractivity contribution in [1.82, 2.24) is 9.47 Å². The molecular weight excluding hydrogens is 470 g/mol. The first-order chi connectivity index (χ1) is 18.2. The predicted molar refractivity (Wildman–Crippen MR) is 139 cm³/mol. The fraction of sp³-hybridized carbons (Fsp3) is 0.207. The van der Waals surface area contributed by atoms with Gasteiger partial charge in [-0.1, -0.05) is 24.3 Å². The normalized spacial score (nSPS) is 15.7. The van der Waals surface area contributed by atoms with Crippen LogP contribution in [0.5, 0.6) is 23.0 Å². The summed E-state index contributed by atoms with van der Waals surface area (Å²) in [4.78, 5) is 15.8. The third-order valence-corrected chi connectivity index (χ3v) is 6.74. The molecule has 0 bridgehead atoms. The van der Waals surface area contributed by atoms with E-state index in [1.807, 2.05) is 65.7 Å². The van der Waals surface area contributed by atoms with Crippen LogP contribution in [0.3, 0.4) is 0 Å². The van der Waals surface area contributed by atoms with Gasteiger partial charge >= 0.3 is 6.03 Å². The molecule has 0 radical (unpaired) electrons. The standard InChI is InChI=1S/C29H27N3O5/c1-34-24-11-9-19(16-26(24)35-2)28-23-8-5-13-31(23)22-7-4-3-6-20(22)18-32(28)29(33)30-21-10-12-25-27(17-21)37-15-14-36-25/h3-13,16-17,28H,14-15,18H2,1-2H3,(H,30,33). The van der Waals surface area contributed by atoms with E-state index >= 15 is 0 Å². The van der Waals surface area contributed by atoms with E-state index in [0.29, 0.717) is 48.4 Å². The third kappa shape index (κ3) is 4.10. The molecule has 0 saturated carbocycles. The first-order valence-electron chi connectivity index (χ1n) is 12.1. The second-order valence-electron chi connectivity index (χ2n) is 8.87. The summed E-state index contributed by atoms with van der Waals surface area (Å²) in [6.07, 6.45) is 2.03. The van der Waals surface area contributed by atoms with Gasteiger partial charge in [0.1, 0.15) is 13.2 Å². The molecule has 0 spiro atoms. The zero-order valence-electron chi connectivity index (χ0n) is 20.6. The number of benzene rings is 3. The van der Waals surface area contributed by atoms with Gasteiger partial charge in [-0.05, 0) is 53.6 Å². The lowest BCUT2D eigenvalue weighted by atomic mass is 10.0. The van der Waals surface area contributed by atoms with Gasteiger partial charge < -0.3 is 33.7 Å². The molecule has 37 heavy (non-hydrogen) atoms. The van der Waals surface area contributed by atoms with Crippen LogP contribution in [0.25, 0.3) is 5.69 Å². The fourth-order valence-electron chi connectivity index (χ4n) is 5.03. The highest BCUT2D eigenvalue weighted by atomic mass is 16.6. The highest BCUT2D eigenvalue weighted by molar-refractivity contribution is 5.90. The molecule has 3 aromatic carbocycles. The molecule has 0 aliphatic carbocycles. The molecule has 0 fully saturated rings. The van der Waals surface area contributed by atoms with E-state index in [-0.39, 0.29) is 12.1 Å². The van der Waals surface area contributed by atoms with Crippen molar-refractivity contribution in [3.63, 3.8) is 0 Å². The smallest absolute Gasteiger partial charge is 0.322 e. The van der Waals surface area contributed by atoms with Crippen LogP contribution >= 0.6 is 0 Å². The van der Waals surface area contributed by atoms with E-state index in [9.17, 15) is 4.79 Å². The molecule has 3 heterocycles. The number of hydrogen-bond donors (Lipinski definition) is 1. The number of hydrogen-bond acceptors (Lipinski definition) is 5. The summed E-state index contributed by atoms with van der Waals surface area (Å²) < 4.78 is 24.5. The number of amides is 2. The molecule has 2 aliphatic heterocycles. The molecule has 1 aromatic heterocycles. The van der Waals surface area contributed by atoms with E-state index in [2.05, 4.69) is 22.0 Å². The lowest BCUT2D eigenvalue weighted by Gasteiger charge is -2.31. The van der Waals surface area contributed by atoms with E-state index in [0.717, 1.165) is 22.5 Å². The van der Waals surface area contributed by atoms with Crippen LogP contribution in [0.4, 0.5) is 10.5 Å². The third-order valence-electron chi connectivity index (χ3n) is 6.74. The van der Waals surface area contributed by atoms with Gasteiger partial charge in [-0.2, -0.15) is 0 Å². The Balaban J connectivity index is 1.44. The van der Waals surface area contributed by atoms with Crippen LogP contribution in [-0.4, -0.2) is 42.9 Å². The lowest BCUT2D eigenvalue weighted by Crippen LogP contribution is -2.38. The Labute approximate surface area is 214 Å². The Morgan fingerprint density at radius 2 is 1.70 bits per heavy atom. The average Bonchev–Trinajstić information content (AvgIpc) is 3.36. The van der Waals surface area contributed by atoms with Gasteiger partial charge in [0.15, 0.2) is 23.0 Å². The molecule has 8 heteroatoms. The number of para-hydroxylation sites is 1. The van der Waals surface area contributed by atoms with Crippen LogP contribution in [0.15, 0.2) is 79.0 Å². The number of methoxy groups -OCH3 is 2. The maximum atomic E-state index is 14.0. The molecule has 2 aliphatic rings. The van der Waals surface area contributed by atoms with Crippen molar-refractivity contribution >= 4 is 11.7 Å². The number of carbonyl (C=O) groups excluding carboxylic acids is 1. The lowest BCUT2D eigenvalue weighted by molar-refractivity contribution is 0.171. The molecule has 1 atom stereocenters. The number of aromatic nitrogens is 1. The number of fused-ring (bicyclic) bond motifs is 4. The Hall–Kier alpha value is -4.59. The number of anilines is 1. The van der Waals surface area contributed by atoms with E-state index < -0.39 is 0 Å². The quantitative estimate of drug-likeness (QED) is 0.409. The van der Waals surface area contributed by atoms with E-state index in [4.69, 9.17) is 18.9 Å². The number of nitrogens with zero attached hydrogens (tertiary/aromatic N) is 2. The maximum absolute atomic E-state index is 14.0. The fourth-order valence-corrected chi connectivity index (χ4v) is 5.03. The van der Waals surface area contributed by atoms with Crippen molar-refractivity contribution in [3.05, 3.63) is 95.8 Å². The van der Waals surface area contributed by atoms with Gasteiger partial charge in [-0.25, -0.2) is 4.79 Å². The summed E-state index contributed by atoms with van der Waals surface area (Å²) in [5, 5.41) is 3.08. The van der Waals surface area contributed by atoms with Gasteiger partial charge in [0.25, 0.3) is 0 Å². The first-order valence-corrected chi connectivity index (χ1v) is 12.1. The number of urea groups is 1. The number of carbonyl (C=O) groups is 1. The van der Waals surface area contributed by atoms with Crippen molar-refractivity contribution in [2.45, 2.75) is 12.6 Å². The van der Waals surface area contributed by atoms with Crippen LogP contribution in [0.1, 0.15) is 22.9 Å². The Morgan fingerprint density at radius 3 is 2.54 bits per heavy atom. The Morgan fingerprint density at radius 1 is 0.892 bits per heavy atom. The zero-order valence-corrected chi connectivity index (χ0v) is 20.6. The van der Waals surface area contributed by atoms with Crippen molar-refractivity contribution < 1.29 is 23.7 Å². The van der Waals surface area contributed by atoms with Crippen molar-refractivity contribution in [2.24, 2.45) is 0 Å². The molecule has 0 saturated heterocycles. The van der Waals surface area contributed by atoms with Crippen molar-refractivity contribution in [1.29, 1.82) is 0 Å². The van der Waals surface area contributed by atoms with Gasteiger partial charge in [-0.15, -0.1) is 0 Å². The summed E-state index contributed by atoms with van der Waals surface area (Å²) in [7, 11) is 3.22.